The van der Waals surface area contributed by atoms with Crippen LogP contribution in [0.25, 0.3) is 0 Å². The lowest BCUT2D eigenvalue weighted by atomic mass is 8.87. The Labute approximate surface area is 379 Å². The maximum atomic E-state index is 13.5. The van der Waals surface area contributed by atoms with Gasteiger partial charge in [0.2, 0.25) is 0 Å². The van der Waals surface area contributed by atoms with E-state index < -0.39 is 0 Å². The van der Waals surface area contributed by atoms with Crippen LogP contribution < -0.4 is 0 Å². The van der Waals surface area contributed by atoms with Gasteiger partial charge in [-0.15, -0.1) is 0 Å². The van der Waals surface area contributed by atoms with E-state index in [-0.39, 0.29) is 5.60 Å². The molecule has 35 aliphatic rings. The van der Waals surface area contributed by atoms with Gasteiger partial charge in [0, 0.05) is 10.8 Å². The van der Waals surface area contributed by atoms with Gasteiger partial charge in [-0.05, 0) is 333 Å². The van der Waals surface area contributed by atoms with Crippen LogP contribution in [-0.4, -0.2) is 18.6 Å². The summed E-state index contributed by atoms with van der Waals surface area (Å²) in [7, 11) is 8.33. The van der Waals surface area contributed by atoms with Crippen molar-refractivity contribution >= 4 is 7.85 Å². The molecule has 0 heterocycles. The topological polar surface area (TPSA) is 20.2 Å². The summed E-state index contributed by atoms with van der Waals surface area (Å²) >= 11 is 0. The molecule has 316 valence electrons. The third kappa shape index (κ3) is 0.841. The highest BCUT2D eigenvalue weighted by molar-refractivity contribution is 6.24. The van der Waals surface area contributed by atoms with Gasteiger partial charge in [-0.25, -0.2) is 0 Å². The summed E-state index contributed by atoms with van der Waals surface area (Å²) in [6.07, 6.45) is 35.8. The Morgan fingerprint density at radius 2 is 0.938 bits per heavy atom. The van der Waals surface area contributed by atoms with Gasteiger partial charge in [-0.1, -0.05) is 19.2 Å². The van der Waals surface area contributed by atoms with E-state index >= 15 is 0 Å². The average molecular weight is 839 g/mol. The van der Waals surface area contributed by atoms with Crippen molar-refractivity contribution in [3.05, 3.63) is 0 Å². The van der Waals surface area contributed by atoms with Crippen molar-refractivity contribution in [2.24, 2.45) is 209 Å². The van der Waals surface area contributed by atoms with Crippen LogP contribution in [0.15, 0.2) is 0 Å². The molecule has 65 heavy (non-hydrogen) atoms. The van der Waals surface area contributed by atoms with Gasteiger partial charge in [-0.3, -0.25) is 0 Å². The first-order chi connectivity index (χ1) is 31.1. The van der Waals surface area contributed by atoms with Crippen molar-refractivity contribution in [3.8, 4) is 0 Å². The molecule has 0 aromatic rings. The Morgan fingerprint density at radius 3 is 1.74 bits per heavy atom. The summed E-state index contributed by atoms with van der Waals surface area (Å²) in [6, 6.07) is 0. The zero-order chi connectivity index (χ0) is 39.3. The third-order valence-corrected chi connectivity index (χ3v) is 49.5. The Morgan fingerprint density at radius 1 is 0.323 bits per heavy atom. The molecule has 2 heteroatoms. The van der Waals surface area contributed by atoms with Crippen LogP contribution in [-0.2, 0) is 0 Å². The highest BCUT2D eigenvalue weighted by Gasteiger charge is 3.48. The Balaban J connectivity index is 0.591. The first-order valence-electron chi connectivity index (χ1n) is 30.6. The first-order valence-corrected chi connectivity index (χ1v) is 30.6. The molecule has 0 aromatic carbocycles. The smallest absolute Gasteiger partial charge is 0.0785 e. The second-order valence-corrected chi connectivity index (χ2v) is 40.6. The fourth-order valence-corrected chi connectivity index (χ4v) is 56.2. The molecule has 1 nitrogen and oxygen atoms in total. The van der Waals surface area contributed by atoms with Crippen molar-refractivity contribution < 1.29 is 5.11 Å². The summed E-state index contributed by atoms with van der Waals surface area (Å²) in [5, 5.41) is 13.8. The van der Waals surface area contributed by atoms with E-state index in [2.05, 4.69) is 13.8 Å². The van der Waals surface area contributed by atoms with E-state index in [1.807, 2.05) is 6.42 Å². The molecule has 35 fully saturated rings. The van der Waals surface area contributed by atoms with Crippen molar-refractivity contribution in [2.45, 2.75) is 160 Å². The number of aliphatic hydroxyl groups is 1. The summed E-state index contributed by atoms with van der Waals surface area (Å²) in [6.45, 7) is 6.02. The largest absolute Gasteiger partial charge is 0.389 e. The van der Waals surface area contributed by atoms with Gasteiger partial charge in [-0.2, -0.15) is 0 Å². The van der Waals surface area contributed by atoms with Gasteiger partial charge in [0.15, 0.2) is 0 Å². The van der Waals surface area contributed by atoms with Gasteiger partial charge in [0.05, 0.1) is 13.4 Å². The molecule has 0 aromatic heterocycles. The van der Waals surface area contributed by atoms with Crippen LogP contribution in [0.3, 0.4) is 0 Å². The lowest BCUT2D eigenvalue weighted by Gasteiger charge is -3.16. The first kappa shape index (κ1) is 26.6. The maximum absolute atomic E-state index is 13.5. The van der Waals surface area contributed by atoms with E-state index in [0.717, 1.165) is 147 Å². The molecule has 35 saturated carbocycles. The molecule has 0 amide bonds. The van der Waals surface area contributed by atoms with E-state index in [1.54, 1.807) is 116 Å². The fraction of sp³-hybridized carbons (Fsp3) is 1.00. The van der Waals surface area contributed by atoms with E-state index in [1.165, 1.54) is 42.4 Å². The van der Waals surface area contributed by atoms with E-state index in [0.29, 0.717) is 37.8 Å². The second kappa shape index (κ2) is 4.31. The summed E-state index contributed by atoms with van der Waals surface area (Å²) in [4.78, 5) is 0. The van der Waals surface area contributed by atoms with Crippen LogP contribution >= 0.6 is 0 Å². The molecule has 0 bridgehead atoms. The van der Waals surface area contributed by atoms with Crippen molar-refractivity contribution in [1.29, 1.82) is 0 Å². The molecule has 33 unspecified atom stereocenters. The molecular formula is C63H55BO. The van der Waals surface area contributed by atoms with Crippen LogP contribution in [0.1, 0.15) is 149 Å². The van der Waals surface area contributed by atoms with Crippen LogP contribution in [0.4, 0.5) is 0 Å². The Bertz CT molecular complexity index is 3870. The SMILES string of the molecule is [B]C12CC34CC56CC78CC9%10CC%11%12CC%13%14CC%15(O)C%16%17CC%18%19CC%20%21CC%22(CC%23%24CC%25(CC%26%27CC%28%29CC1%30[C@@]1(C(C53CC67[C@@H]3C(C)(C%119CC%12%13C[C@]%15%14[C@]%16(C)C%18%17)C38%10)C241)[C@@]%28%30[C@H]1C2(CC%25%262)C1%27%29)C%23[C@H]%24%22)C%201CC12CC%19%212. The lowest BCUT2D eigenvalue weighted by molar-refractivity contribution is -0.699. The highest BCUT2D eigenvalue weighted by atomic mass is 16.3. The standard InChI is InChI=1S/C63H55BO/c1-30-26-35-7-42-5-33(53(42)17-43(53)18-54(35,42)43)3-32-4-34(25(32)24(32)33)6-44-14-46-19-56-57(64)20-41-12-39-11-40-13-45-10-37-9-38-21-58(65,47(26,30)8-35)52(30,38)16-36(37,38)15-51(37,45)31(2)27(59(31,40)45)48(39,40)22-49(39,41)28-62(41,57)63(28,56)61(46,56)29-50(60(29,44)46)23-55(34,44)50/h24-29,65H,3-23H2,1-2H3/t24-,25?,26?,27+,28?,29+,30-,31?,32?,33?,34?,35?,36?,37?,38?,39?,40?,41?,42?,43?,44?,45?,46?,47?,48?,49?,50?,51?,52-,53?,54?,55?,56?,57?,58?,59?,60?,61+,62?,63+/m1/s1. The van der Waals surface area contributed by atoms with Gasteiger partial charge < -0.3 is 5.11 Å². The fourth-order valence-electron chi connectivity index (χ4n) is 56.2. The molecule has 2 radical (unpaired) electrons. The normalized spacial score (nSPS) is 118. The predicted octanol–water partition coefficient (Wildman–Crippen LogP) is 9.03. The summed E-state index contributed by atoms with van der Waals surface area (Å²) < 4.78 is 0. The molecule has 40 atom stereocenters. The van der Waals surface area contributed by atoms with E-state index in [4.69, 9.17) is 7.85 Å². The Hall–Kier alpha value is 0.0249. The minimum absolute atomic E-state index is 0.223. The zero-order valence-electron chi connectivity index (χ0n) is 38.3. The third-order valence-electron chi connectivity index (χ3n) is 49.5. The summed E-state index contributed by atoms with van der Waals surface area (Å²) in [5.74, 6) is 7.07. The van der Waals surface area contributed by atoms with Crippen LogP contribution in [0.5, 0.6) is 0 Å². The van der Waals surface area contributed by atoms with Crippen LogP contribution in [0.2, 0.25) is 5.31 Å². The van der Waals surface area contributed by atoms with Gasteiger partial charge in [0.1, 0.15) is 0 Å². The zero-order valence-corrected chi connectivity index (χ0v) is 38.3. The van der Waals surface area contributed by atoms with Crippen molar-refractivity contribution in [3.63, 3.8) is 0 Å². The van der Waals surface area contributed by atoms with Gasteiger partial charge >= 0.3 is 0 Å². The molecule has 35 aliphatic carbocycles. The minimum atomic E-state index is -0.223. The van der Waals surface area contributed by atoms with Crippen molar-refractivity contribution in [1.82, 2.24) is 0 Å². The average Bonchev–Trinajstić information content (AvgIpc) is 3.93. The number of fused-ring (bicyclic) bond motifs is 6. The van der Waals surface area contributed by atoms with E-state index in [9.17, 15) is 5.11 Å². The monoisotopic (exact) mass is 838 g/mol. The quantitative estimate of drug-likeness (QED) is 0.242. The summed E-state index contributed by atoms with van der Waals surface area (Å²) in [5.41, 5.74) is 25.0. The molecule has 0 aliphatic heterocycles. The molecule has 0 saturated heterocycles. The minimum Gasteiger partial charge on any atom is -0.389 e. The predicted molar refractivity (Wildman–Crippen MR) is 220 cm³/mol. The second-order valence-electron chi connectivity index (χ2n) is 40.6. The molecule has 1 N–H and O–H groups in total. The van der Waals surface area contributed by atoms with Crippen LogP contribution in [0, 0.1) is 209 Å². The molecular weight excluding hydrogens is 784 g/mol. The number of rotatable bonds is 0. The number of hydrogen-bond acceptors (Lipinski definition) is 1. The lowest BCUT2D eigenvalue weighted by Crippen LogP contribution is -3.12. The molecule has 35 rings (SSSR count). The Kier molecular flexibility index (Phi) is 1.76. The van der Waals surface area contributed by atoms with Gasteiger partial charge in [0.25, 0.3) is 0 Å². The van der Waals surface area contributed by atoms with Crippen molar-refractivity contribution in [2.75, 3.05) is 0 Å². The molecule has 30 spiro atoms. The maximum Gasteiger partial charge on any atom is 0.0785 e. The highest BCUT2D eigenvalue weighted by Crippen LogP contribution is 3.52. The number of hydrogen-bond donors (Lipinski definition) is 1.